The van der Waals surface area contributed by atoms with Crippen molar-refractivity contribution in [3.8, 4) is 5.82 Å². The molecule has 0 aliphatic carbocycles. The van der Waals surface area contributed by atoms with Gasteiger partial charge in [0, 0.05) is 50.8 Å². The van der Waals surface area contributed by atoms with Crippen molar-refractivity contribution in [1.29, 1.82) is 0 Å². The first-order valence-corrected chi connectivity index (χ1v) is 10.6. The molecule has 0 spiro atoms. The van der Waals surface area contributed by atoms with Crippen LogP contribution in [0.15, 0.2) is 24.4 Å². The minimum absolute atomic E-state index is 0.556. The lowest BCUT2D eigenvalue weighted by molar-refractivity contribution is 0.0852. The van der Waals surface area contributed by atoms with Gasteiger partial charge in [0.1, 0.15) is 11.6 Å². The van der Waals surface area contributed by atoms with Crippen LogP contribution in [-0.2, 0) is 4.74 Å². The van der Waals surface area contributed by atoms with Gasteiger partial charge in [0.05, 0.1) is 11.7 Å². The maximum Gasteiger partial charge on any atom is 0.159 e. The lowest BCUT2D eigenvalue weighted by Crippen LogP contribution is -2.44. The first-order valence-electron chi connectivity index (χ1n) is 10.6. The first-order chi connectivity index (χ1) is 14.2. The highest BCUT2D eigenvalue weighted by Crippen LogP contribution is 2.32. The second kappa shape index (κ2) is 7.72. The third kappa shape index (κ3) is 3.60. The summed E-state index contributed by atoms with van der Waals surface area (Å²) in [6, 6.07) is 6.64. The van der Waals surface area contributed by atoms with Crippen LogP contribution in [0.5, 0.6) is 0 Å². The van der Waals surface area contributed by atoms with Gasteiger partial charge < -0.3 is 15.0 Å². The third-order valence-corrected chi connectivity index (χ3v) is 6.09. The molecule has 7 nitrogen and oxygen atoms in total. The molecule has 0 atom stereocenters. The van der Waals surface area contributed by atoms with Crippen molar-refractivity contribution in [2.75, 3.05) is 44.3 Å². The van der Waals surface area contributed by atoms with Crippen molar-refractivity contribution >= 4 is 16.7 Å². The normalized spacial score (nSPS) is 18.5. The van der Waals surface area contributed by atoms with Gasteiger partial charge in [-0.3, -0.25) is 0 Å². The van der Waals surface area contributed by atoms with Crippen molar-refractivity contribution in [1.82, 2.24) is 25.1 Å². The topological polar surface area (TPSA) is 68.1 Å². The predicted octanol–water partition coefficient (Wildman–Crippen LogP) is 2.74. The number of hydrogen-bond donors (Lipinski definition) is 1. The lowest BCUT2D eigenvalue weighted by Gasteiger charge is -2.28. The Kier molecular flexibility index (Phi) is 4.93. The molecule has 0 amide bonds. The summed E-state index contributed by atoms with van der Waals surface area (Å²) in [5.74, 6) is 3.15. The molecule has 2 fully saturated rings. The average Bonchev–Trinajstić information content (AvgIpc) is 3.16. The quantitative estimate of drug-likeness (QED) is 0.739. The summed E-state index contributed by atoms with van der Waals surface area (Å²) in [6.07, 6.45) is 4.11. The second-order valence-corrected chi connectivity index (χ2v) is 8.08. The van der Waals surface area contributed by atoms with E-state index in [-0.39, 0.29) is 0 Å². The van der Waals surface area contributed by atoms with E-state index in [0.29, 0.717) is 5.92 Å². The van der Waals surface area contributed by atoms with Crippen molar-refractivity contribution in [2.45, 2.75) is 32.6 Å². The average molecular weight is 393 g/mol. The Morgan fingerprint density at radius 1 is 1.00 bits per heavy atom. The lowest BCUT2D eigenvalue weighted by atomic mass is 9.88. The number of nitrogens with zero attached hydrogens (tertiary/aromatic N) is 5. The number of benzene rings is 1. The molecule has 2 aliphatic rings. The molecule has 2 aromatic heterocycles. The van der Waals surface area contributed by atoms with Crippen LogP contribution in [-0.4, -0.2) is 59.1 Å². The van der Waals surface area contributed by atoms with E-state index in [9.17, 15) is 0 Å². The summed E-state index contributed by atoms with van der Waals surface area (Å²) in [4.78, 5) is 11.7. The fourth-order valence-corrected chi connectivity index (χ4v) is 4.54. The standard InChI is InChI=1S/C22H28N6O/c1-15-11-18-14-24-28(20(18)12-19(15)17-3-9-29-10-4-17)22-13-21(25-16(2)26-22)27-7-5-23-6-8-27/h11-14,17,23H,3-10H2,1-2H3. The highest BCUT2D eigenvalue weighted by molar-refractivity contribution is 5.82. The van der Waals surface area contributed by atoms with Gasteiger partial charge in [0.2, 0.25) is 0 Å². The number of hydrogen-bond acceptors (Lipinski definition) is 6. The van der Waals surface area contributed by atoms with E-state index in [0.717, 1.165) is 80.6 Å². The molecule has 2 saturated heterocycles. The summed E-state index contributed by atoms with van der Waals surface area (Å²) >= 11 is 0. The van der Waals surface area contributed by atoms with Crippen LogP contribution >= 0.6 is 0 Å². The van der Waals surface area contributed by atoms with Gasteiger partial charge in [-0.1, -0.05) is 0 Å². The summed E-state index contributed by atoms with van der Waals surface area (Å²) < 4.78 is 7.54. The van der Waals surface area contributed by atoms with Gasteiger partial charge in [0.15, 0.2) is 5.82 Å². The van der Waals surface area contributed by atoms with E-state index in [2.05, 4.69) is 40.3 Å². The summed E-state index contributed by atoms with van der Waals surface area (Å²) in [5.41, 5.74) is 3.86. The Balaban J connectivity index is 1.57. The molecule has 5 rings (SSSR count). The van der Waals surface area contributed by atoms with Crippen LogP contribution in [0.3, 0.4) is 0 Å². The van der Waals surface area contributed by atoms with Gasteiger partial charge in [-0.05, 0) is 55.9 Å². The SMILES string of the molecule is Cc1nc(N2CCNCC2)cc(-n2ncc3cc(C)c(C4CCOCC4)cc32)n1. The molecule has 0 saturated carbocycles. The Morgan fingerprint density at radius 2 is 1.76 bits per heavy atom. The van der Waals surface area contributed by atoms with Crippen molar-refractivity contribution in [3.63, 3.8) is 0 Å². The van der Waals surface area contributed by atoms with Crippen LogP contribution < -0.4 is 10.2 Å². The monoisotopic (exact) mass is 392 g/mol. The number of aromatic nitrogens is 4. The smallest absolute Gasteiger partial charge is 0.159 e. The van der Waals surface area contributed by atoms with E-state index >= 15 is 0 Å². The van der Waals surface area contributed by atoms with E-state index in [1.165, 1.54) is 11.1 Å². The number of aryl methyl sites for hydroxylation is 2. The first kappa shape index (κ1) is 18.5. The Labute approximate surface area is 171 Å². The maximum atomic E-state index is 5.57. The van der Waals surface area contributed by atoms with Gasteiger partial charge in [0.25, 0.3) is 0 Å². The summed E-state index contributed by atoms with van der Waals surface area (Å²) in [7, 11) is 0. The van der Waals surface area contributed by atoms with Crippen LogP contribution in [0.25, 0.3) is 16.7 Å². The molecule has 2 aliphatic heterocycles. The maximum absolute atomic E-state index is 5.57. The van der Waals surface area contributed by atoms with Gasteiger partial charge in [-0.15, -0.1) is 0 Å². The molecule has 29 heavy (non-hydrogen) atoms. The highest BCUT2D eigenvalue weighted by Gasteiger charge is 2.20. The van der Waals surface area contributed by atoms with Crippen LogP contribution in [0.1, 0.15) is 35.7 Å². The number of nitrogens with one attached hydrogen (secondary N) is 1. The van der Waals surface area contributed by atoms with Crippen molar-refractivity contribution < 1.29 is 4.74 Å². The molecule has 0 bridgehead atoms. The van der Waals surface area contributed by atoms with Crippen LogP contribution in [0, 0.1) is 13.8 Å². The third-order valence-electron chi connectivity index (χ3n) is 6.09. The minimum atomic E-state index is 0.556. The zero-order valence-corrected chi connectivity index (χ0v) is 17.2. The molecular formula is C22H28N6O. The number of anilines is 1. The van der Waals surface area contributed by atoms with Crippen molar-refractivity contribution in [2.24, 2.45) is 0 Å². The fraction of sp³-hybridized carbons (Fsp3) is 0.500. The predicted molar refractivity (Wildman–Crippen MR) is 114 cm³/mol. The zero-order valence-electron chi connectivity index (χ0n) is 17.2. The molecule has 152 valence electrons. The van der Waals surface area contributed by atoms with Gasteiger partial charge >= 0.3 is 0 Å². The zero-order chi connectivity index (χ0) is 19.8. The minimum Gasteiger partial charge on any atom is -0.381 e. The number of ether oxygens (including phenoxy) is 1. The summed E-state index contributed by atoms with van der Waals surface area (Å²) in [5, 5.41) is 9.24. The molecule has 1 aromatic carbocycles. The van der Waals surface area contributed by atoms with Crippen LogP contribution in [0.2, 0.25) is 0 Å². The van der Waals surface area contributed by atoms with Gasteiger partial charge in [-0.25, -0.2) is 14.6 Å². The number of fused-ring (bicyclic) bond motifs is 1. The Hall–Kier alpha value is -2.51. The van der Waals surface area contributed by atoms with E-state index in [4.69, 9.17) is 14.8 Å². The Bertz CT molecular complexity index is 1020. The highest BCUT2D eigenvalue weighted by atomic mass is 16.5. The summed E-state index contributed by atoms with van der Waals surface area (Å²) in [6.45, 7) is 9.75. The molecule has 3 aromatic rings. The van der Waals surface area contributed by atoms with E-state index in [1.807, 2.05) is 17.8 Å². The van der Waals surface area contributed by atoms with E-state index < -0.39 is 0 Å². The second-order valence-electron chi connectivity index (χ2n) is 8.08. The fourth-order valence-electron chi connectivity index (χ4n) is 4.54. The largest absolute Gasteiger partial charge is 0.381 e. The molecule has 4 heterocycles. The van der Waals surface area contributed by atoms with Crippen molar-refractivity contribution in [3.05, 3.63) is 41.3 Å². The van der Waals surface area contributed by atoms with Gasteiger partial charge in [-0.2, -0.15) is 5.10 Å². The van der Waals surface area contributed by atoms with E-state index in [1.54, 1.807) is 0 Å². The molecular weight excluding hydrogens is 364 g/mol. The molecule has 0 unspecified atom stereocenters. The number of rotatable bonds is 3. The number of piperazine rings is 1. The molecule has 0 radical (unpaired) electrons. The molecule has 7 heteroatoms. The molecule has 1 N–H and O–H groups in total. The Morgan fingerprint density at radius 3 is 2.55 bits per heavy atom. The van der Waals surface area contributed by atoms with Crippen LogP contribution in [0.4, 0.5) is 5.82 Å².